The molecule has 0 aliphatic rings. The zero-order valence-electron chi connectivity index (χ0n) is 7.10. The van der Waals surface area contributed by atoms with E-state index in [4.69, 9.17) is 0 Å². The monoisotopic (exact) mass is 139 g/mol. The lowest BCUT2D eigenvalue weighted by Crippen LogP contribution is -1.70. The summed E-state index contributed by atoms with van der Waals surface area (Å²) in [6.07, 6.45) is 12.0. The van der Waals surface area contributed by atoms with Crippen LogP contribution in [-0.4, -0.2) is 0 Å². The van der Waals surface area contributed by atoms with E-state index in [0.29, 0.717) is 0 Å². The third kappa shape index (κ3) is 7.74. The molecule has 0 heteroatoms. The van der Waals surface area contributed by atoms with Gasteiger partial charge in [0.25, 0.3) is 0 Å². The predicted molar refractivity (Wildman–Crippen MR) is 47.9 cm³/mol. The first kappa shape index (κ1) is 9.74. The second kappa shape index (κ2) is 8.74. The second-order valence-corrected chi connectivity index (χ2v) is 2.61. The zero-order chi connectivity index (χ0) is 7.66. The number of hydrogen-bond acceptors (Lipinski definition) is 0. The largest absolute Gasteiger partial charge is 0.0885 e. The average Bonchev–Trinajstić information content (AvgIpc) is 1.97. The molecule has 0 heterocycles. The summed E-state index contributed by atoms with van der Waals surface area (Å²) in [4.78, 5) is 0. The molecule has 0 spiro atoms. The minimum Gasteiger partial charge on any atom is -0.0885 e. The van der Waals surface area contributed by atoms with Crippen LogP contribution in [0.15, 0.2) is 12.2 Å². The first-order chi connectivity index (χ1) is 4.91. The SMILES string of the molecule is [CH2]CC/C=C/CCCCC. The molecule has 0 aromatic rings. The van der Waals surface area contributed by atoms with Crippen LogP contribution in [0.4, 0.5) is 0 Å². The minimum absolute atomic E-state index is 1.03. The molecule has 0 fully saturated rings. The number of allylic oxidation sites excluding steroid dienone is 2. The molecule has 0 saturated carbocycles. The first-order valence-electron chi connectivity index (χ1n) is 4.36. The van der Waals surface area contributed by atoms with Gasteiger partial charge >= 0.3 is 0 Å². The Morgan fingerprint density at radius 3 is 2.40 bits per heavy atom. The van der Waals surface area contributed by atoms with E-state index in [0.717, 1.165) is 12.8 Å². The third-order valence-electron chi connectivity index (χ3n) is 1.51. The van der Waals surface area contributed by atoms with Gasteiger partial charge < -0.3 is 0 Å². The summed E-state index contributed by atoms with van der Waals surface area (Å²) in [6, 6.07) is 0. The van der Waals surface area contributed by atoms with Gasteiger partial charge in [-0.25, -0.2) is 0 Å². The summed E-state index contributed by atoms with van der Waals surface area (Å²) in [5.41, 5.74) is 0. The molecular weight excluding hydrogens is 120 g/mol. The van der Waals surface area contributed by atoms with Crippen molar-refractivity contribution in [2.75, 3.05) is 0 Å². The molecule has 0 rings (SSSR count). The van der Waals surface area contributed by atoms with Gasteiger partial charge in [0.15, 0.2) is 0 Å². The van der Waals surface area contributed by atoms with Gasteiger partial charge in [-0.05, 0) is 25.7 Å². The molecule has 59 valence electrons. The maximum Gasteiger partial charge on any atom is -0.0351 e. The van der Waals surface area contributed by atoms with Crippen molar-refractivity contribution in [2.24, 2.45) is 0 Å². The number of rotatable bonds is 6. The van der Waals surface area contributed by atoms with E-state index >= 15 is 0 Å². The van der Waals surface area contributed by atoms with Crippen LogP contribution in [0.5, 0.6) is 0 Å². The van der Waals surface area contributed by atoms with Gasteiger partial charge in [-0.15, -0.1) is 0 Å². The number of unbranched alkanes of at least 4 members (excludes halogenated alkanes) is 4. The summed E-state index contributed by atoms with van der Waals surface area (Å²) in [6.45, 7) is 6.00. The van der Waals surface area contributed by atoms with Gasteiger partial charge in [0.1, 0.15) is 0 Å². The lowest BCUT2D eigenvalue weighted by atomic mass is 10.2. The van der Waals surface area contributed by atoms with E-state index in [1.165, 1.54) is 25.7 Å². The Morgan fingerprint density at radius 2 is 1.80 bits per heavy atom. The van der Waals surface area contributed by atoms with Crippen molar-refractivity contribution < 1.29 is 0 Å². The van der Waals surface area contributed by atoms with Gasteiger partial charge in [0, 0.05) is 0 Å². The topological polar surface area (TPSA) is 0 Å². The highest BCUT2D eigenvalue weighted by Crippen LogP contribution is 2.00. The normalized spacial score (nSPS) is 11.0. The Morgan fingerprint density at radius 1 is 1.10 bits per heavy atom. The van der Waals surface area contributed by atoms with Crippen molar-refractivity contribution in [3.63, 3.8) is 0 Å². The van der Waals surface area contributed by atoms with E-state index in [-0.39, 0.29) is 0 Å². The fraction of sp³-hybridized carbons (Fsp3) is 0.700. The average molecular weight is 139 g/mol. The fourth-order valence-electron chi connectivity index (χ4n) is 0.866. The Hall–Kier alpha value is -0.260. The van der Waals surface area contributed by atoms with E-state index in [2.05, 4.69) is 26.0 Å². The fourth-order valence-corrected chi connectivity index (χ4v) is 0.866. The molecule has 1 radical (unpaired) electrons. The van der Waals surface area contributed by atoms with Gasteiger partial charge in [-0.3, -0.25) is 0 Å². The molecule has 10 heavy (non-hydrogen) atoms. The van der Waals surface area contributed by atoms with Crippen molar-refractivity contribution in [2.45, 2.75) is 45.4 Å². The Labute approximate surface area is 65.3 Å². The van der Waals surface area contributed by atoms with E-state index in [9.17, 15) is 0 Å². The van der Waals surface area contributed by atoms with E-state index < -0.39 is 0 Å². The molecule has 0 saturated heterocycles. The molecule has 0 nitrogen and oxygen atoms in total. The quantitative estimate of drug-likeness (QED) is 0.388. The van der Waals surface area contributed by atoms with Crippen LogP contribution in [0.1, 0.15) is 45.4 Å². The summed E-state index contributed by atoms with van der Waals surface area (Å²) in [7, 11) is 0. The molecule has 0 aliphatic carbocycles. The summed E-state index contributed by atoms with van der Waals surface area (Å²) in [5, 5.41) is 0. The summed E-state index contributed by atoms with van der Waals surface area (Å²) >= 11 is 0. The van der Waals surface area contributed by atoms with Gasteiger partial charge in [-0.2, -0.15) is 0 Å². The second-order valence-electron chi connectivity index (χ2n) is 2.61. The standard InChI is InChI=1S/C10H19/c1-3-5-7-9-10-8-6-4-2/h7,9H,1,3-6,8,10H2,2H3/b9-7+. The van der Waals surface area contributed by atoms with Crippen LogP contribution in [0.25, 0.3) is 0 Å². The Bertz CT molecular complexity index is 72.1. The van der Waals surface area contributed by atoms with Gasteiger partial charge in [0.05, 0.1) is 0 Å². The van der Waals surface area contributed by atoms with E-state index in [1.54, 1.807) is 0 Å². The Balaban J connectivity index is 2.88. The van der Waals surface area contributed by atoms with Crippen LogP contribution >= 0.6 is 0 Å². The van der Waals surface area contributed by atoms with Crippen LogP contribution in [0, 0.1) is 6.92 Å². The summed E-state index contributed by atoms with van der Waals surface area (Å²) in [5.74, 6) is 0. The third-order valence-corrected chi connectivity index (χ3v) is 1.51. The number of hydrogen-bond donors (Lipinski definition) is 0. The molecule has 0 aliphatic heterocycles. The molecule has 0 N–H and O–H groups in total. The van der Waals surface area contributed by atoms with Crippen molar-refractivity contribution in [1.82, 2.24) is 0 Å². The molecule has 0 unspecified atom stereocenters. The first-order valence-corrected chi connectivity index (χ1v) is 4.36. The van der Waals surface area contributed by atoms with Crippen molar-refractivity contribution in [3.8, 4) is 0 Å². The molecule has 0 amide bonds. The molecule has 0 atom stereocenters. The highest BCUT2D eigenvalue weighted by Gasteiger charge is 1.80. The van der Waals surface area contributed by atoms with Crippen LogP contribution < -0.4 is 0 Å². The van der Waals surface area contributed by atoms with E-state index in [1.807, 2.05) is 0 Å². The zero-order valence-corrected chi connectivity index (χ0v) is 7.10. The Kier molecular flexibility index (Phi) is 8.51. The highest BCUT2D eigenvalue weighted by atomic mass is 13.9. The predicted octanol–water partition coefficient (Wildman–Crippen LogP) is 3.74. The molecule has 0 bridgehead atoms. The van der Waals surface area contributed by atoms with Crippen LogP contribution in [0.2, 0.25) is 0 Å². The van der Waals surface area contributed by atoms with Gasteiger partial charge in [0.2, 0.25) is 0 Å². The van der Waals surface area contributed by atoms with Crippen molar-refractivity contribution in [3.05, 3.63) is 19.1 Å². The maximum atomic E-state index is 3.77. The van der Waals surface area contributed by atoms with Crippen molar-refractivity contribution in [1.29, 1.82) is 0 Å². The smallest absolute Gasteiger partial charge is 0.0351 e. The van der Waals surface area contributed by atoms with Crippen molar-refractivity contribution >= 4 is 0 Å². The lowest BCUT2D eigenvalue weighted by molar-refractivity contribution is 0.728. The van der Waals surface area contributed by atoms with Crippen LogP contribution in [-0.2, 0) is 0 Å². The summed E-state index contributed by atoms with van der Waals surface area (Å²) < 4.78 is 0. The highest BCUT2D eigenvalue weighted by molar-refractivity contribution is 4.81. The minimum atomic E-state index is 1.03. The van der Waals surface area contributed by atoms with Gasteiger partial charge in [-0.1, -0.05) is 38.8 Å². The maximum absolute atomic E-state index is 3.77. The molecular formula is C10H19. The van der Waals surface area contributed by atoms with Crippen LogP contribution in [0.3, 0.4) is 0 Å². The molecule has 0 aromatic carbocycles. The lowest BCUT2D eigenvalue weighted by Gasteiger charge is -1.90. The molecule has 0 aromatic heterocycles.